The number of hydrogen-bond donors (Lipinski definition) is 0. The number of piperazine rings is 1. The van der Waals surface area contributed by atoms with E-state index in [0.29, 0.717) is 35.2 Å². The van der Waals surface area contributed by atoms with Gasteiger partial charge in [-0.2, -0.15) is 0 Å². The van der Waals surface area contributed by atoms with E-state index in [-0.39, 0.29) is 29.6 Å². The predicted octanol–water partition coefficient (Wildman–Crippen LogP) is 4.07. The maximum Gasteiger partial charge on any atom is 0.257 e. The first-order valence-electron chi connectivity index (χ1n) is 9.44. The second-order valence-corrected chi connectivity index (χ2v) is 7.62. The van der Waals surface area contributed by atoms with Crippen molar-refractivity contribution < 1.29 is 18.4 Å². The molecule has 0 aliphatic carbocycles. The Labute approximate surface area is 176 Å². The summed E-state index contributed by atoms with van der Waals surface area (Å²) in [5, 5.41) is 0.858. The molecule has 154 valence electrons. The van der Waals surface area contributed by atoms with Crippen molar-refractivity contribution >= 4 is 34.3 Å². The third-order valence-electron chi connectivity index (χ3n) is 5.14. The Morgan fingerprint density at radius 3 is 2.20 bits per heavy atom. The molecular weight excluding hydrogens is 412 g/mol. The highest BCUT2D eigenvalue weighted by molar-refractivity contribution is 6.31. The molecular formula is C22H18ClF2N3O2. The van der Waals surface area contributed by atoms with E-state index in [9.17, 15) is 18.4 Å². The molecule has 1 aliphatic heterocycles. The molecule has 0 radical (unpaired) electrons. The molecule has 0 saturated carbocycles. The molecule has 30 heavy (non-hydrogen) atoms. The van der Waals surface area contributed by atoms with E-state index >= 15 is 0 Å². The zero-order chi connectivity index (χ0) is 21.4. The number of pyridine rings is 1. The zero-order valence-electron chi connectivity index (χ0n) is 16.2. The first-order valence-corrected chi connectivity index (χ1v) is 9.82. The summed E-state index contributed by atoms with van der Waals surface area (Å²) in [6.07, 6.45) is 0. The van der Waals surface area contributed by atoms with Gasteiger partial charge in [-0.3, -0.25) is 14.6 Å². The highest BCUT2D eigenvalue weighted by atomic mass is 35.5. The van der Waals surface area contributed by atoms with Gasteiger partial charge in [-0.1, -0.05) is 11.6 Å². The molecule has 2 aromatic carbocycles. The molecule has 4 rings (SSSR count). The van der Waals surface area contributed by atoms with Crippen molar-refractivity contribution in [3.63, 3.8) is 0 Å². The second-order valence-electron chi connectivity index (χ2n) is 7.18. The number of carbonyl (C=O) groups excluding carboxylic acids is 2. The average molecular weight is 430 g/mol. The molecule has 0 atom stereocenters. The normalized spacial score (nSPS) is 14.3. The number of benzene rings is 2. The quantitative estimate of drug-likeness (QED) is 0.617. The van der Waals surface area contributed by atoms with Gasteiger partial charge in [0.25, 0.3) is 11.8 Å². The van der Waals surface area contributed by atoms with Crippen LogP contribution in [0.3, 0.4) is 0 Å². The molecule has 0 unspecified atom stereocenters. The Kier molecular flexibility index (Phi) is 5.39. The summed E-state index contributed by atoms with van der Waals surface area (Å²) >= 11 is 5.88. The topological polar surface area (TPSA) is 53.5 Å². The lowest BCUT2D eigenvalue weighted by molar-refractivity contribution is 0.0534. The summed E-state index contributed by atoms with van der Waals surface area (Å²) in [6, 6.07) is 9.68. The fourth-order valence-electron chi connectivity index (χ4n) is 3.63. The van der Waals surface area contributed by atoms with Crippen LogP contribution < -0.4 is 0 Å². The van der Waals surface area contributed by atoms with Crippen LogP contribution in [0.5, 0.6) is 0 Å². The molecule has 0 N–H and O–H groups in total. The van der Waals surface area contributed by atoms with Crippen LogP contribution in [0.2, 0.25) is 5.02 Å². The van der Waals surface area contributed by atoms with Gasteiger partial charge >= 0.3 is 0 Å². The molecule has 1 fully saturated rings. The number of aromatic nitrogens is 1. The number of amides is 2. The lowest BCUT2D eigenvalue weighted by Gasteiger charge is -2.35. The van der Waals surface area contributed by atoms with Crippen LogP contribution in [0, 0.1) is 18.6 Å². The first kappa shape index (κ1) is 20.2. The van der Waals surface area contributed by atoms with E-state index in [2.05, 4.69) is 4.98 Å². The van der Waals surface area contributed by atoms with Crippen molar-refractivity contribution in [3.8, 4) is 0 Å². The molecule has 8 heteroatoms. The molecule has 3 aromatic rings. The van der Waals surface area contributed by atoms with Crippen LogP contribution >= 0.6 is 11.6 Å². The second kappa shape index (κ2) is 7.99. The Hall–Kier alpha value is -3.06. The molecule has 1 saturated heterocycles. The van der Waals surface area contributed by atoms with Crippen LogP contribution in [0.1, 0.15) is 26.4 Å². The number of fused-ring (bicyclic) bond motifs is 1. The molecule has 0 spiro atoms. The Morgan fingerprint density at radius 2 is 1.53 bits per heavy atom. The summed E-state index contributed by atoms with van der Waals surface area (Å²) in [4.78, 5) is 33.2. The van der Waals surface area contributed by atoms with E-state index in [1.54, 1.807) is 24.0 Å². The van der Waals surface area contributed by atoms with Crippen molar-refractivity contribution in [3.05, 3.63) is 75.9 Å². The third kappa shape index (κ3) is 3.85. The first-order chi connectivity index (χ1) is 14.3. The summed E-state index contributed by atoms with van der Waals surface area (Å²) in [7, 11) is 0. The molecule has 1 aliphatic rings. The van der Waals surface area contributed by atoms with Gasteiger partial charge in [0.05, 0.1) is 16.6 Å². The molecule has 0 bridgehead atoms. The highest BCUT2D eigenvalue weighted by Crippen LogP contribution is 2.23. The lowest BCUT2D eigenvalue weighted by Crippen LogP contribution is -2.50. The lowest BCUT2D eigenvalue weighted by atomic mass is 10.1. The highest BCUT2D eigenvalue weighted by Gasteiger charge is 2.28. The summed E-state index contributed by atoms with van der Waals surface area (Å²) in [5.74, 6) is -1.71. The van der Waals surface area contributed by atoms with Crippen LogP contribution in [0.25, 0.3) is 10.9 Å². The SMILES string of the molecule is Cc1cc(C(=O)N2CCN(C(=O)c3cc(Cl)ccc3F)CC2)c2ccc(F)cc2n1. The Morgan fingerprint density at radius 1 is 0.900 bits per heavy atom. The van der Waals surface area contributed by atoms with Crippen molar-refractivity contribution in [1.29, 1.82) is 0 Å². The van der Waals surface area contributed by atoms with E-state index in [4.69, 9.17) is 11.6 Å². The van der Waals surface area contributed by atoms with Crippen LogP contribution in [-0.4, -0.2) is 52.8 Å². The number of nitrogens with zero attached hydrogens (tertiary/aromatic N) is 3. The van der Waals surface area contributed by atoms with Gasteiger partial charge < -0.3 is 9.80 Å². The van der Waals surface area contributed by atoms with Gasteiger partial charge in [0.2, 0.25) is 0 Å². The minimum Gasteiger partial charge on any atom is -0.335 e. The van der Waals surface area contributed by atoms with Gasteiger partial charge in [0.1, 0.15) is 11.6 Å². The largest absolute Gasteiger partial charge is 0.335 e. The van der Waals surface area contributed by atoms with Crippen LogP contribution in [-0.2, 0) is 0 Å². The van der Waals surface area contributed by atoms with Gasteiger partial charge in [-0.05, 0) is 43.3 Å². The van der Waals surface area contributed by atoms with E-state index < -0.39 is 17.5 Å². The fourth-order valence-corrected chi connectivity index (χ4v) is 3.80. The van der Waals surface area contributed by atoms with Gasteiger partial charge in [0, 0.05) is 48.3 Å². The van der Waals surface area contributed by atoms with Crippen molar-refractivity contribution in [2.45, 2.75) is 6.92 Å². The number of carbonyl (C=O) groups is 2. The summed E-state index contributed by atoms with van der Waals surface area (Å²) in [5.41, 5.74) is 1.39. The maximum atomic E-state index is 14.0. The van der Waals surface area contributed by atoms with Gasteiger partial charge in [-0.25, -0.2) is 8.78 Å². The molecule has 5 nitrogen and oxygen atoms in total. The summed E-state index contributed by atoms with van der Waals surface area (Å²) in [6.45, 7) is 2.89. The number of rotatable bonds is 2. The number of aryl methyl sites for hydroxylation is 1. The van der Waals surface area contributed by atoms with Crippen LogP contribution in [0.4, 0.5) is 8.78 Å². The molecule has 2 heterocycles. The Balaban J connectivity index is 1.52. The van der Waals surface area contributed by atoms with Crippen molar-refractivity contribution in [2.24, 2.45) is 0 Å². The maximum absolute atomic E-state index is 14.0. The van der Waals surface area contributed by atoms with Gasteiger partial charge in [0.15, 0.2) is 0 Å². The Bertz CT molecular complexity index is 1160. The van der Waals surface area contributed by atoms with E-state index in [1.165, 1.54) is 29.2 Å². The average Bonchev–Trinajstić information content (AvgIpc) is 2.73. The number of halogens is 3. The van der Waals surface area contributed by atoms with Gasteiger partial charge in [-0.15, -0.1) is 0 Å². The summed E-state index contributed by atoms with van der Waals surface area (Å²) < 4.78 is 27.6. The molecule has 2 amide bonds. The zero-order valence-corrected chi connectivity index (χ0v) is 16.9. The van der Waals surface area contributed by atoms with Crippen molar-refractivity contribution in [1.82, 2.24) is 14.8 Å². The fraction of sp³-hybridized carbons (Fsp3) is 0.227. The third-order valence-corrected chi connectivity index (χ3v) is 5.38. The van der Waals surface area contributed by atoms with Crippen molar-refractivity contribution in [2.75, 3.05) is 26.2 Å². The van der Waals surface area contributed by atoms with Crippen LogP contribution in [0.15, 0.2) is 42.5 Å². The standard InChI is InChI=1S/C22H18ClF2N3O2/c1-13-10-17(16-4-3-15(24)12-20(16)26-13)21(29)27-6-8-28(9-7-27)22(30)18-11-14(23)2-5-19(18)25/h2-5,10-12H,6-9H2,1H3. The minimum absolute atomic E-state index is 0.0833. The smallest absolute Gasteiger partial charge is 0.257 e. The predicted molar refractivity (Wildman–Crippen MR) is 110 cm³/mol. The van der Waals surface area contributed by atoms with E-state index in [0.717, 1.165) is 6.07 Å². The van der Waals surface area contributed by atoms with E-state index in [1.807, 2.05) is 0 Å². The minimum atomic E-state index is -0.631. The molecule has 1 aromatic heterocycles. The number of hydrogen-bond acceptors (Lipinski definition) is 3. The monoisotopic (exact) mass is 429 g/mol.